The van der Waals surface area contributed by atoms with Crippen molar-refractivity contribution >= 4 is 23.4 Å². The van der Waals surface area contributed by atoms with Gasteiger partial charge in [-0.25, -0.2) is 0 Å². The summed E-state index contributed by atoms with van der Waals surface area (Å²) in [5, 5.41) is 8.11. The van der Waals surface area contributed by atoms with Gasteiger partial charge in [0.25, 0.3) is 5.91 Å². The van der Waals surface area contributed by atoms with Crippen LogP contribution in [0, 0.1) is 0 Å². The van der Waals surface area contributed by atoms with Crippen LogP contribution >= 0.6 is 0 Å². The van der Waals surface area contributed by atoms with Crippen LogP contribution in [0.5, 0.6) is 5.75 Å². The van der Waals surface area contributed by atoms with Gasteiger partial charge in [-0.15, -0.1) is 0 Å². The van der Waals surface area contributed by atoms with Gasteiger partial charge in [-0.3, -0.25) is 14.4 Å². The molecule has 7 nitrogen and oxygen atoms in total. The zero-order valence-electron chi connectivity index (χ0n) is 16.4. The largest absolute Gasteiger partial charge is 0.497 e. The molecule has 2 aromatic carbocycles. The lowest BCUT2D eigenvalue weighted by molar-refractivity contribution is -0.136. The maximum atomic E-state index is 12.6. The monoisotopic (exact) mass is 395 g/mol. The van der Waals surface area contributed by atoms with Gasteiger partial charge in [0.2, 0.25) is 0 Å². The first-order valence-electron chi connectivity index (χ1n) is 9.69. The fourth-order valence-corrected chi connectivity index (χ4v) is 3.35. The maximum absolute atomic E-state index is 12.6. The Labute approximate surface area is 169 Å². The number of para-hydroxylation sites is 1. The SMILES string of the molecule is COc1cccc(CNC(=O)c2ccccc2NC(=O)C(=O)NC2CCCC2)c1. The molecular weight excluding hydrogens is 370 g/mol. The summed E-state index contributed by atoms with van der Waals surface area (Å²) < 4.78 is 5.18. The van der Waals surface area contributed by atoms with Crippen molar-refractivity contribution in [1.82, 2.24) is 10.6 Å². The Balaban J connectivity index is 1.62. The lowest BCUT2D eigenvalue weighted by Crippen LogP contribution is -2.40. The number of hydrogen-bond donors (Lipinski definition) is 3. The second-order valence-electron chi connectivity index (χ2n) is 6.99. The van der Waals surface area contributed by atoms with Crippen molar-refractivity contribution in [2.24, 2.45) is 0 Å². The minimum atomic E-state index is -0.773. The molecular formula is C22H25N3O4. The topological polar surface area (TPSA) is 96.5 Å². The van der Waals surface area contributed by atoms with Gasteiger partial charge in [-0.05, 0) is 42.7 Å². The molecule has 0 heterocycles. The fraction of sp³-hybridized carbons (Fsp3) is 0.318. The third-order valence-electron chi connectivity index (χ3n) is 4.90. The van der Waals surface area contributed by atoms with Crippen LogP contribution in [-0.4, -0.2) is 30.9 Å². The molecule has 1 saturated carbocycles. The van der Waals surface area contributed by atoms with E-state index in [0.29, 0.717) is 18.0 Å². The molecule has 1 aliphatic rings. The van der Waals surface area contributed by atoms with E-state index in [2.05, 4.69) is 16.0 Å². The number of ether oxygens (including phenoxy) is 1. The van der Waals surface area contributed by atoms with Gasteiger partial charge in [-0.2, -0.15) is 0 Å². The van der Waals surface area contributed by atoms with Crippen molar-refractivity contribution in [3.05, 3.63) is 59.7 Å². The molecule has 3 amide bonds. The summed E-state index contributed by atoms with van der Waals surface area (Å²) in [4.78, 5) is 37.0. The van der Waals surface area contributed by atoms with Crippen molar-refractivity contribution in [3.8, 4) is 5.75 Å². The van der Waals surface area contributed by atoms with Gasteiger partial charge in [0.15, 0.2) is 0 Å². The Bertz CT molecular complexity index is 891. The van der Waals surface area contributed by atoms with Gasteiger partial charge in [0.1, 0.15) is 5.75 Å². The molecule has 0 radical (unpaired) electrons. The molecule has 2 aromatic rings. The van der Waals surface area contributed by atoms with Crippen molar-refractivity contribution in [1.29, 1.82) is 0 Å². The average Bonchev–Trinajstić information content (AvgIpc) is 3.25. The summed E-state index contributed by atoms with van der Waals surface area (Å²) in [7, 11) is 1.58. The lowest BCUT2D eigenvalue weighted by atomic mass is 10.1. The molecule has 0 spiro atoms. The fourth-order valence-electron chi connectivity index (χ4n) is 3.35. The summed E-state index contributed by atoms with van der Waals surface area (Å²) >= 11 is 0. The molecule has 0 bridgehead atoms. The zero-order chi connectivity index (χ0) is 20.6. The number of hydrogen-bond acceptors (Lipinski definition) is 4. The summed E-state index contributed by atoms with van der Waals surface area (Å²) in [5.41, 5.74) is 1.47. The molecule has 0 aromatic heterocycles. The van der Waals surface area contributed by atoms with Crippen LogP contribution in [0.3, 0.4) is 0 Å². The molecule has 152 valence electrons. The molecule has 1 aliphatic carbocycles. The Morgan fingerprint density at radius 2 is 1.76 bits per heavy atom. The smallest absolute Gasteiger partial charge is 0.313 e. The van der Waals surface area contributed by atoms with Crippen molar-refractivity contribution < 1.29 is 19.1 Å². The van der Waals surface area contributed by atoms with Crippen LogP contribution in [0.1, 0.15) is 41.6 Å². The number of benzene rings is 2. The third-order valence-corrected chi connectivity index (χ3v) is 4.90. The quantitative estimate of drug-likeness (QED) is 0.655. The second kappa shape index (κ2) is 9.73. The van der Waals surface area contributed by atoms with Crippen LogP contribution < -0.4 is 20.7 Å². The van der Waals surface area contributed by atoms with E-state index in [4.69, 9.17) is 4.74 Å². The van der Waals surface area contributed by atoms with Crippen LogP contribution in [0.2, 0.25) is 0 Å². The van der Waals surface area contributed by atoms with Gasteiger partial charge in [0, 0.05) is 12.6 Å². The molecule has 7 heteroatoms. The van der Waals surface area contributed by atoms with E-state index >= 15 is 0 Å². The summed E-state index contributed by atoms with van der Waals surface area (Å²) in [5.74, 6) is -1.09. The number of methoxy groups -OCH3 is 1. The maximum Gasteiger partial charge on any atom is 0.313 e. The number of carbonyl (C=O) groups is 3. The summed E-state index contributed by atoms with van der Waals surface area (Å²) in [6.07, 6.45) is 3.90. The average molecular weight is 395 g/mol. The van der Waals surface area contributed by atoms with Gasteiger partial charge in [0.05, 0.1) is 18.4 Å². The van der Waals surface area contributed by atoms with E-state index in [1.807, 2.05) is 24.3 Å². The van der Waals surface area contributed by atoms with E-state index in [-0.39, 0.29) is 17.5 Å². The molecule has 0 unspecified atom stereocenters. The number of amides is 3. The molecule has 1 fully saturated rings. The number of carbonyl (C=O) groups excluding carboxylic acids is 3. The van der Waals surface area contributed by atoms with Crippen molar-refractivity contribution in [2.75, 3.05) is 12.4 Å². The molecule has 0 aliphatic heterocycles. The normalized spacial score (nSPS) is 13.6. The third kappa shape index (κ3) is 5.57. The first-order chi connectivity index (χ1) is 14.1. The minimum Gasteiger partial charge on any atom is -0.497 e. The zero-order valence-corrected chi connectivity index (χ0v) is 16.4. The number of nitrogens with one attached hydrogen (secondary N) is 3. The van der Waals surface area contributed by atoms with Gasteiger partial charge in [-0.1, -0.05) is 37.1 Å². The Morgan fingerprint density at radius 1 is 1.00 bits per heavy atom. The van der Waals surface area contributed by atoms with E-state index < -0.39 is 11.8 Å². The molecule has 3 N–H and O–H groups in total. The standard InChI is InChI=1S/C22H25N3O4/c1-29-17-10-6-7-15(13-17)14-23-20(26)18-11-4-5-12-19(18)25-22(28)21(27)24-16-8-2-3-9-16/h4-7,10-13,16H,2-3,8-9,14H2,1H3,(H,23,26)(H,24,27)(H,25,28). The Morgan fingerprint density at radius 3 is 2.52 bits per heavy atom. The minimum absolute atomic E-state index is 0.0506. The first-order valence-corrected chi connectivity index (χ1v) is 9.69. The van der Waals surface area contributed by atoms with Crippen LogP contribution in [-0.2, 0) is 16.1 Å². The first kappa shape index (κ1) is 20.4. The summed E-state index contributed by atoms with van der Waals surface area (Å²) in [6.45, 7) is 0.306. The highest BCUT2D eigenvalue weighted by atomic mass is 16.5. The highest BCUT2D eigenvalue weighted by molar-refractivity contribution is 6.40. The van der Waals surface area contributed by atoms with Crippen molar-refractivity contribution in [2.45, 2.75) is 38.3 Å². The Hall–Kier alpha value is -3.35. The molecule has 0 saturated heterocycles. The van der Waals surface area contributed by atoms with E-state index in [9.17, 15) is 14.4 Å². The van der Waals surface area contributed by atoms with Gasteiger partial charge < -0.3 is 20.7 Å². The lowest BCUT2D eigenvalue weighted by Gasteiger charge is -2.14. The van der Waals surface area contributed by atoms with Gasteiger partial charge >= 0.3 is 11.8 Å². The van der Waals surface area contributed by atoms with Crippen LogP contribution in [0.25, 0.3) is 0 Å². The molecule has 3 rings (SSSR count). The number of anilines is 1. The molecule has 29 heavy (non-hydrogen) atoms. The highest BCUT2D eigenvalue weighted by Crippen LogP contribution is 2.18. The second-order valence-corrected chi connectivity index (χ2v) is 6.99. The van der Waals surface area contributed by atoms with Crippen LogP contribution in [0.4, 0.5) is 5.69 Å². The Kier molecular flexibility index (Phi) is 6.84. The predicted molar refractivity (Wildman–Crippen MR) is 110 cm³/mol. The number of rotatable bonds is 6. The van der Waals surface area contributed by atoms with E-state index in [1.165, 1.54) is 0 Å². The van der Waals surface area contributed by atoms with E-state index in [0.717, 1.165) is 31.2 Å². The predicted octanol–water partition coefficient (Wildman–Crippen LogP) is 2.62. The van der Waals surface area contributed by atoms with Crippen molar-refractivity contribution in [3.63, 3.8) is 0 Å². The van der Waals surface area contributed by atoms with E-state index in [1.54, 1.807) is 31.4 Å². The molecule has 0 atom stereocenters. The summed E-state index contributed by atoms with van der Waals surface area (Å²) in [6, 6.07) is 14.0. The highest BCUT2D eigenvalue weighted by Gasteiger charge is 2.22. The van der Waals surface area contributed by atoms with Crippen LogP contribution in [0.15, 0.2) is 48.5 Å².